The molecule has 0 aliphatic carbocycles. The highest BCUT2D eigenvalue weighted by molar-refractivity contribution is 7.22. The molecule has 4 aromatic rings. The fourth-order valence-corrected chi connectivity index (χ4v) is 4.67. The van der Waals surface area contributed by atoms with Gasteiger partial charge in [0.2, 0.25) is 0 Å². The highest BCUT2D eigenvalue weighted by Crippen LogP contribution is 2.32. The Morgan fingerprint density at radius 1 is 1.07 bits per heavy atom. The van der Waals surface area contributed by atoms with Crippen molar-refractivity contribution in [2.45, 2.75) is 20.0 Å². The fourth-order valence-electron chi connectivity index (χ4n) is 2.84. The number of hydrogen-bond donors (Lipinski definition) is 0. The third-order valence-electron chi connectivity index (χ3n) is 4.15. The van der Waals surface area contributed by atoms with Crippen LogP contribution in [0.5, 0.6) is 0 Å². The molecule has 3 heterocycles. The summed E-state index contributed by atoms with van der Waals surface area (Å²) in [5.74, 6) is 0.744. The van der Waals surface area contributed by atoms with Crippen molar-refractivity contribution in [3.05, 3.63) is 88.1 Å². The highest BCUT2D eigenvalue weighted by atomic mass is 32.1. The number of hydrogen-bond acceptors (Lipinski definition) is 5. The first-order chi connectivity index (χ1) is 13.2. The Labute approximate surface area is 165 Å². The van der Waals surface area contributed by atoms with Gasteiger partial charge in [-0.15, -0.1) is 22.7 Å². The van der Waals surface area contributed by atoms with Crippen LogP contribution in [0, 0.1) is 6.92 Å². The van der Waals surface area contributed by atoms with Gasteiger partial charge in [0.1, 0.15) is 15.6 Å². The quantitative estimate of drug-likeness (QED) is 0.427. The molecule has 136 valence electrons. The Morgan fingerprint density at radius 2 is 1.93 bits per heavy atom. The van der Waals surface area contributed by atoms with Gasteiger partial charge in [-0.3, -0.25) is 4.79 Å². The average molecular weight is 395 g/mol. The summed E-state index contributed by atoms with van der Waals surface area (Å²) in [6, 6.07) is 17.8. The number of amides is 1. The number of thiophene rings is 1. The van der Waals surface area contributed by atoms with Crippen LogP contribution in [0.4, 0.5) is 0 Å². The number of furan rings is 1. The summed E-state index contributed by atoms with van der Waals surface area (Å²) in [7, 11) is 0. The normalized spacial score (nSPS) is 10.9. The molecule has 4 rings (SSSR count). The average Bonchev–Trinajstić information content (AvgIpc) is 3.43. The zero-order valence-electron chi connectivity index (χ0n) is 14.8. The van der Waals surface area contributed by atoms with E-state index in [4.69, 9.17) is 4.42 Å². The van der Waals surface area contributed by atoms with Crippen molar-refractivity contribution in [1.29, 1.82) is 0 Å². The molecule has 0 aliphatic heterocycles. The Balaban J connectivity index is 1.63. The molecule has 6 heteroatoms. The summed E-state index contributed by atoms with van der Waals surface area (Å²) in [5, 5.41) is 2.91. The van der Waals surface area contributed by atoms with Crippen LogP contribution >= 0.6 is 22.7 Å². The molecule has 0 N–H and O–H groups in total. The molecule has 0 saturated heterocycles. The third kappa shape index (κ3) is 4.02. The number of aryl methyl sites for hydroxylation is 1. The first-order valence-corrected chi connectivity index (χ1v) is 10.3. The van der Waals surface area contributed by atoms with E-state index in [-0.39, 0.29) is 5.91 Å². The predicted octanol–water partition coefficient (Wildman–Crippen LogP) is 5.62. The smallest absolute Gasteiger partial charge is 0.266 e. The minimum Gasteiger partial charge on any atom is -0.467 e. The van der Waals surface area contributed by atoms with Gasteiger partial charge in [-0.05, 0) is 36.1 Å². The summed E-state index contributed by atoms with van der Waals surface area (Å²) in [6.45, 7) is 2.84. The van der Waals surface area contributed by atoms with E-state index in [1.54, 1.807) is 17.6 Å². The van der Waals surface area contributed by atoms with Crippen LogP contribution in [0.2, 0.25) is 0 Å². The topological polar surface area (TPSA) is 46.3 Å². The second-order valence-electron chi connectivity index (χ2n) is 6.14. The first kappa shape index (κ1) is 17.7. The second kappa shape index (κ2) is 7.90. The molecule has 27 heavy (non-hydrogen) atoms. The maximum absolute atomic E-state index is 13.3. The van der Waals surface area contributed by atoms with Crippen LogP contribution in [0.1, 0.15) is 26.7 Å². The van der Waals surface area contributed by atoms with Gasteiger partial charge < -0.3 is 9.32 Å². The molecule has 0 atom stereocenters. The van der Waals surface area contributed by atoms with Crippen LogP contribution in [-0.2, 0) is 13.1 Å². The van der Waals surface area contributed by atoms with Crippen LogP contribution in [0.3, 0.4) is 0 Å². The standard InChI is InChI=1S/C21H18N2O2S2/c1-15-19(27-20(22-15)18-10-6-12-26-18)21(24)23(14-17-9-5-11-25-17)13-16-7-3-2-4-8-16/h2-12H,13-14H2,1H3. The highest BCUT2D eigenvalue weighted by Gasteiger charge is 2.23. The van der Waals surface area contributed by atoms with Gasteiger partial charge in [0.05, 0.1) is 23.4 Å². The lowest BCUT2D eigenvalue weighted by molar-refractivity contribution is 0.0721. The minimum atomic E-state index is -0.0203. The van der Waals surface area contributed by atoms with Crippen molar-refractivity contribution < 1.29 is 9.21 Å². The maximum Gasteiger partial charge on any atom is 0.266 e. The van der Waals surface area contributed by atoms with Gasteiger partial charge >= 0.3 is 0 Å². The molecule has 0 aliphatic rings. The fraction of sp³-hybridized carbons (Fsp3) is 0.143. The van der Waals surface area contributed by atoms with E-state index in [0.717, 1.165) is 26.9 Å². The second-order valence-corrected chi connectivity index (χ2v) is 8.08. The molecular weight excluding hydrogens is 376 g/mol. The Bertz CT molecular complexity index is 1010. The summed E-state index contributed by atoms with van der Waals surface area (Å²) in [4.78, 5) is 21.5. The molecule has 0 radical (unpaired) electrons. The number of nitrogens with zero attached hydrogens (tertiary/aromatic N) is 2. The lowest BCUT2D eigenvalue weighted by Crippen LogP contribution is -2.29. The van der Waals surface area contributed by atoms with Crippen molar-refractivity contribution in [2.75, 3.05) is 0 Å². The van der Waals surface area contributed by atoms with Crippen molar-refractivity contribution >= 4 is 28.6 Å². The maximum atomic E-state index is 13.3. The van der Waals surface area contributed by atoms with E-state index in [9.17, 15) is 4.79 Å². The molecule has 1 amide bonds. The molecule has 1 aromatic carbocycles. The predicted molar refractivity (Wildman–Crippen MR) is 109 cm³/mol. The molecule has 0 bridgehead atoms. The van der Waals surface area contributed by atoms with Crippen molar-refractivity contribution in [2.24, 2.45) is 0 Å². The summed E-state index contributed by atoms with van der Waals surface area (Å²) >= 11 is 3.09. The Kier molecular flexibility index (Phi) is 5.18. The SMILES string of the molecule is Cc1nc(-c2cccs2)sc1C(=O)N(Cc1ccccc1)Cc1ccco1. The van der Waals surface area contributed by atoms with Gasteiger partial charge in [0, 0.05) is 6.54 Å². The van der Waals surface area contributed by atoms with Crippen molar-refractivity contribution in [1.82, 2.24) is 9.88 Å². The van der Waals surface area contributed by atoms with Gasteiger partial charge in [0.25, 0.3) is 5.91 Å². The van der Waals surface area contributed by atoms with E-state index in [1.165, 1.54) is 11.3 Å². The monoisotopic (exact) mass is 394 g/mol. The molecule has 0 saturated carbocycles. The summed E-state index contributed by atoms with van der Waals surface area (Å²) < 4.78 is 5.48. The Hall–Kier alpha value is -2.70. The number of aromatic nitrogens is 1. The number of benzene rings is 1. The molecular formula is C21H18N2O2S2. The van der Waals surface area contributed by atoms with Crippen molar-refractivity contribution in [3.8, 4) is 9.88 Å². The molecule has 0 fully saturated rings. The molecule has 0 unspecified atom stereocenters. The van der Waals surface area contributed by atoms with E-state index in [1.807, 2.05) is 71.8 Å². The van der Waals surface area contributed by atoms with Crippen molar-refractivity contribution in [3.63, 3.8) is 0 Å². The number of carbonyl (C=O) groups is 1. The van der Waals surface area contributed by atoms with E-state index in [2.05, 4.69) is 4.98 Å². The number of rotatable bonds is 6. The van der Waals surface area contributed by atoms with E-state index < -0.39 is 0 Å². The van der Waals surface area contributed by atoms with Gasteiger partial charge in [-0.2, -0.15) is 0 Å². The molecule has 3 aromatic heterocycles. The van der Waals surface area contributed by atoms with Crippen LogP contribution in [-0.4, -0.2) is 15.8 Å². The van der Waals surface area contributed by atoms with Crippen LogP contribution < -0.4 is 0 Å². The molecule has 4 nitrogen and oxygen atoms in total. The van der Waals surface area contributed by atoms with Crippen LogP contribution in [0.25, 0.3) is 9.88 Å². The minimum absolute atomic E-state index is 0.0203. The van der Waals surface area contributed by atoms with E-state index >= 15 is 0 Å². The lowest BCUT2D eigenvalue weighted by atomic mass is 10.2. The van der Waals surface area contributed by atoms with Gasteiger partial charge in [-0.25, -0.2) is 4.98 Å². The van der Waals surface area contributed by atoms with Crippen LogP contribution in [0.15, 0.2) is 70.7 Å². The summed E-state index contributed by atoms with van der Waals surface area (Å²) in [5.41, 5.74) is 1.85. The van der Waals surface area contributed by atoms with Gasteiger partial charge in [-0.1, -0.05) is 36.4 Å². The zero-order chi connectivity index (χ0) is 18.6. The Morgan fingerprint density at radius 3 is 2.63 bits per heavy atom. The van der Waals surface area contributed by atoms with Gasteiger partial charge in [0.15, 0.2) is 0 Å². The lowest BCUT2D eigenvalue weighted by Gasteiger charge is -2.21. The largest absolute Gasteiger partial charge is 0.467 e. The molecule has 0 spiro atoms. The number of thiazole rings is 1. The third-order valence-corrected chi connectivity index (χ3v) is 6.34. The first-order valence-electron chi connectivity index (χ1n) is 8.57. The zero-order valence-corrected chi connectivity index (χ0v) is 16.4. The van der Waals surface area contributed by atoms with E-state index in [0.29, 0.717) is 18.0 Å². The number of carbonyl (C=O) groups excluding carboxylic acids is 1. The summed E-state index contributed by atoms with van der Waals surface area (Å²) in [6.07, 6.45) is 1.63.